The number of nitrogens with zero attached hydrogens (tertiary/aromatic N) is 3. The quantitative estimate of drug-likeness (QED) is 0.851. The van der Waals surface area contributed by atoms with Gasteiger partial charge in [-0.3, -0.25) is 5.32 Å². The average Bonchev–Trinajstić information content (AvgIpc) is 2.84. The van der Waals surface area contributed by atoms with E-state index in [9.17, 15) is 13.2 Å². The number of carbonyl (C=O) groups excluding carboxylic acids is 1. The smallest absolute Gasteiger partial charge is 0.335 e. The van der Waals surface area contributed by atoms with Crippen molar-refractivity contribution in [3.8, 4) is 6.01 Å². The second-order valence-corrected chi connectivity index (χ2v) is 6.94. The van der Waals surface area contributed by atoms with Gasteiger partial charge in [0.15, 0.2) is 0 Å². The molecule has 2 heterocycles. The second-order valence-electron chi connectivity index (χ2n) is 4.14. The molecule has 0 aliphatic rings. The normalized spacial score (nSPS) is 11.0. The number of hydrogen-bond acceptors (Lipinski definition) is 8. The van der Waals surface area contributed by atoms with E-state index in [-0.39, 0.29) is 16.2 Å². The summed E-state index contributed by atoms with van der Waals surface area (Å²) in [6.45, 7) is 3.22. The number of anilines is 1. The van der Waals surface area contributed by atoms with Crippen LogP contribution in [0.4, 0.5) is 10.7 Å². The molecular formula is C11H13N5O4S2. The van der Waals surface area contributed by atoms with Crippen molar-refractivity contribution in [1.82, 2.24) is 19.7 Å². The van der Waals surface area contributed by atoms with Crippen molar-refractivity contribution >= 4 is 33.3 Å². The van der Waals surface area contributed by atoms with Gasteiger partial charge in [-0.1, -0.05) is 0 Å². The first-order valence-corrected chi connectivity index (χ1v) is 8.32. The molecule has 2 N–H and O–H groups in total. The molecule has 2 amide bonds. The van der Waals surface area contributed by atoms with Gasteiger partial charge in [0.25, 0.3) is 10.0 Å². The number of amides is 2. The molecule has 118 valence electrons. The number of urea groups is 1. The van der Waals surface area contributed by atoms with Crippen molar-refractivity contribution in [2.24, 2.45) is 0 Å². The van der Waals surface area contributed by atoms with Gasteiger partial charge in [0.2, 0.25) is 5.95 Å². The maximum absolute atomic E-state index is 12.1. The molecule has 2 rings (SSSR count). The summed E-state index contributed by atoms with van der Waals surface area (Å²) in [5, 5.41) is 3.86. The highest BCUT2D eigenvalue weighted by atomic mass is 32.2. The van der Waals surface area contributed by atoms with Crippen molar-refractivity contribution in [3.63, 3.8) is 0 Å². The van der Waals surface area contributed by atoms with Gasteiger partial charge in [0, 0.05) is 0 Å². The van der Waals surface area contributed by atoms with Crippen molar-refractivity contribution in [2.75, 3.05) is 12.4 Å². The summed E-state index contributed by atoms with van der Waals surface area (Å²) < 4.78 is 30.9. The summed E-state index contributed by atoms with van der Waals surface area (Å²) in [4.78, 5) is 23.3. The summed E-state index contributed by atoms with van der Waals surface area (Å²) in [5.74, 6) is 0.207. The molecule has 0 atom stereocenters. The second kappa shape index (κ2) is 6.23. The van der Waals surface area contributed by atoms with Crippen LogP contribution in [0.15, 0.2) is 15.7 Å². The number of aryl methyl sites for hydroxylation is 2. The molecule has 22 heavy (non-hydrogen) atoms. The fourth-order valence-electron chi connectivity index (χ4n) is 1.53. The first kappa shape index (κ1) is 16.1. The lowest BCUT2D eigenvalue weighted by atomic mass is 10.4. The number of ether oxygens (including phenoxy) is 1. The molecule has 0 unspecified atom stereocenters. The van der Waals surface area contributed by atoms with Gasteiger partial charge < -0.3 is 4.74 Å². The Kier molecular flexibility index (Phi) is 4.56. The van der Waals surface area contributed by atoms with Gasteiger partial charge in [0.1, 0.15) is 10.0 Å². The largest absolute Gasteiger partial charge is 0.467 e. The summed E-state index contributed by atoms with van der Waals surface area (Å²) in [6, 6.07) is 0.692. The summed E-state index contributed by atoms with van der Waals surface area (Å²) in [6.07, 6.45) is 0. The molecular weight excluding hydrogens is 330 g/mol. The molecule has 0 aromatic carbocycles. The van der Waals surface area contributed by atoms with Crippen LogP contribution in [0.1, 0.15) is 11.4 Å². The van der Waals surface area contributed by atoms with Crippen LogP contribution in [0.3, 0.4) is 0 Å². The molecule has 0 bridgehead atoms. The van der Waals surface area contributed by atoms with E-state index in [2.05, 4.69) is 20.3 Å². The Labute approximate surface area is 130 Å². The van der Waals surface area contributed by atoms with Gasteiger partial charge in [-0.2, -0.15) is 15.0 Å². The minimum Gasteiger partial charge on any atom is -0.467 e. The minimum atomic E-state index is -3.94. The highest BCUT2D eigenvalue weighted by molar-refractivity contribution is 7.92. The maximum atomic E-state index is 12.1. The van der Waals surface area contributed by atoms with Gasteiger partial charge >= 0.3 is 12.0 Å². The predicted molar refractivity (Wildman–Crippen MR) is 79.5 cm³/mol. The Bertz CT molecular complexity index is 803. The number of methoxy groups -OCH3 is 1. The van der Waals surface area contributed by atoms with Crippen LogP contribution >= 0.6 is 11.3 Å². The average molecular weight is 343 g/mol. The van der Waals surface area contributed by atoms with E-state index < -0.39 is 16.1 Å². The van der Waals surface area contributed by atoms with Crippen LogP contribution in [0.5, 0.6) is 6.01 Å². The van der Waals surface area contributed by atoms with Crippen LogP contribution in [0.25, 0.3) is 0 Å². The molecule has 2 aromatic rings. The Balaban J connectivity index is 2.14. The van der Waals surface area contributed by atoms with Crippen molar-refractivity contribution in [1.29, 1.82) is 0 Å². The standard InChI is InChI=1S/C11H13N5O4S2/c1-6-4-5-21-8(6)22(18,19)16-10(17)14-9-12-7(2)13-11(15-9)20-3/h4-5H,1-3H3,(H2,12,13,14,15,16,17). The summed E-state index contributed by atoms with van der Waals surface area (Å²) >= 11 is 1.02. The number of rotatable bonds is 4. The lowest BCUT2D eigenvalue weighted by Gasteiger charge is -2.08. The number of aromatic nitrogens is 3. The Morgan fingerprint density at radius 2 is 2.00 bits per heavy atom. The number of hydrogen-bond donors (Lipinski definition) is 2. The highest BCUT2D eigenvalue weighted by Gasteiger charge is 2.21. The lowest BCUT2D eigenvalue weighted by Crippen LogP contribution is -2.34. The first-order chi connectivity index (χ1) is 10.3. The van der Waals surface area contributed by atoms with E-state index in [0.717, 1.165) is 11.3 Å². The van der Waals surface area contributed by atoms with Crippen molar-refractivity contribution in [3.05, 3.63) is 22.8 Å². The van der Waals surface area contributed by atoms with Gasteiger partial charge in [-0.15, -0.1) is 11.3 Å². The topological polar surface area (TPSA) is 123 Å². The zero-order valence-corrected chi connectivity index (χ0v) is 13.6. The number of thiophene rings is 1. The van der Waals surface area contributed by atoms with E-state index in [1.54, 1.807) is 25.3 Å². The fraction of sp³-hybridized carbons (Fsp3) is 0.273. The molecule has 0 radical (unpaired) electrons. The molecule has 0 saturated heterocycles. The summed E-state index contributed by atoms with van der Waals surface area (Å²) in [7, 11) is -2.57. The van der Waals surface area contributed by atoms with E-state index in [1.807, 2.05) is 4.72 Å². The van der Waals surface area contributed by atoms with Crippen LogP contribution in [0, 0.1) is 13.8 Å². The number of nitrogens with one attached hydrogen (secondary N) is 2. The first-order valence-electron chi connectivity index (χ1n) is 5.96. The number of sulfonamides is 1. The Morgan fingerprint density at radius 3 is 2.59 bits per heavy atom. The van der Waals surface area contributed by atoms with E-state index in [1.165, 1.54) is 7.11 Å². The van der Waals surface area contributed by atoms with Crippen LogP contribution in [-0.4, -0.2) is 36.5 Å². The Morgan fingerprint density at radius 1 is 1.27 bits per heavy atom. The Hall–Kier alpha value is -2.27. The van der Waals surface area contributed by atoms with E-state index in [4.69, 9.17) is 4.74 Å². The third-order valence-corrected chi connectivity index (χ3v) is 5.44. The van der Waals surface area contributed by atoms with Gasteiger partial charge in [-0.25, -0.2) is 17.9 Å². The predicted octanol–water partition coefficient (Wildman–Crippen LogP) is 1.07. The van der Waals surface area contributed by atoms with Crippen LogP contribution in [-0.2, 0) is 10.0 Å². The van der Waals surface area contributed by atoms with Crippen LogP contribution < -0.4 is 14.8 Å². The molecule has 9 nitrogen and oxygen atoms in total. The number of carbonyl (C=O) groups is 1. The highest BCUT2D eigenvalue weighted by Crippen LogP contribution is 2.21. The SMILES string of the molecule is COc1nc(C)nc(NC(=O)NS(=O)(=O)c2sccc2C)n1. The molecule has 0 aliphatic heterocycles. The molecule has 0 saturated carbocycles. The molecule has 0 aliphatic carbocycles. The zero-order chi connectivity index (χ0) is 16.3. The molecule has 0 fully saturated rings. The van der Waals surface area contributed by atoms with Crippen molar-refractivity contribution in [2.45, 2.75) is 18.1 Å². The third kappa shape index (κ3) is 3.68. The van der Waals surface area contributed by atoms with Gasteiger partial charge in [-0.05, 0) is 30.9 Å². The summed E-state index contributed by atoms with van der Waals surface area (Å²) in [5.41, 5.74) is 0.558. The zero-order valence-electron chi connectivity index (χ0n) is 11.9. The lowest BCUT2D eigenvalue weighted by molar-refractivity contribution is 0.256. The third-order valence-electron chi connectivity index (χ3n) is 2.42. The monoisotopic (exact) mass is 343 g/mol. The maximum Gasteiger partial charge on any atom is 0.335 e. The molecule has 0 spiro atoms. The molecule has 2 aromatic heterocycles. The van der Waals surface area contributed by atoms with Crippen molar-refractivity contribution < 1.29 is 17.9 Å². The minimum absolute atomic E-state index is 0.0137. The van der Waals surface area contributed by atoms with E-state index in [0.29, 0.717) is 11.4 Å². The van der Waals surface area contributed by atoms with Crippen LogP contribution in [0.2, 0.25) is 0 Å². The molecule has 11 heteroatoms. The fourth-order valence-corrected chi connectivity index (χ4v) is 3.86. The van der Waals surface area contributed by atoms with Gasteiger partial charge in [0.05, 0.1) is 7.11 Å². The van der Waals surface area contributed by atoms with E-state index >= 15 is 0 Å².